The molecule has 55 heavy (non-hydrogen) atoms. The van der Waals surface area contributed by atoms with Crippen molar-refractivity contribution in [2.75, 3.05) is 0 Å². The third-order valence-electron chi connectivity index (χ3n) is 12.2. The molecular weight excluding hydrogens is 661 g/mol. The van der Waals surface area contributed by atoms with Gasteiger partial charge in [-0.1, -0.05) is 196 Å². The summed E-state index contributed by atoms with van der Waals surface area (Å²) in [5, 5.41) is 10.3. The molecule has 0 nitrogen and oxygen atoms in total. The van der Waals surface area contributed by atoms with Crippen LogP contribution in [0.25, 0.3) is 98.7 Å². The van der Waals surface area contributed by atoms with Crippen LogP contribution in [0, 0.1) is 0 Å². The van der Waals surface area contributed by atoms with Crippen LogP contribution in [0.1, 0.15) is 25.0 Å². The maximum Gasteiger partial charge on any atom is 0.0165 e. The van der Waals surface area contributed by atoms with E-state index in [2.05, 4.69) is 208 Å². The summed E-state index contributed by atoms with van der Waals surface area (Å²) < 4.78 is 0. The summed E-state index contributed by atoms with van der Waals surface area (Å²) in [4.78, 5) is 0. The van der Waals surface area contributed by atoms with Crippen molar-refractivity contribution in [2.45, 2.75) is 19.3 Å². The first-order valence-corrected chi connectivity index (χ1v) is 19.4. The summed E-state index contributed by atoms with van der Waals surface area (Å²) in [6, 6.07) is 72.1. The van der Waals surface area contributed by atoms with Crippen LogP contribution < -0.4 is 0 Å². The first-order chi connectivity index (χ1) is 27.1. The highest BCUT2D eigenvalue weighted by molar-refractivity contribution is 6.28. The number of benzene rings is 10. The molecular formula is C55H38. The number of fused-ring (bicyclic) bond motifs is 9. The smallest absolute Gasteiger partial charge is 0.0165 e. The molecule has 0 fully saturated rings. The highest BCUT2D eigenvalue weighted by Gasteiger charge is 2.37. The van der Waals surface area contributed by atoms with Gasteiger partial charge in [0, 0.05) is 5.41 Å². The third kappa shape index (κ3) is 4.78. The summed E-state index contributed by atoms with van der Waals surface area (Å²) in [6.45, 7) is 4.79. The Balaban J connectivity index is 1.17. The first-order valence-electron chi connectivity index (χ1n) is 19.4. The van der Waals surface area contributed by atoms with Crippen molar-refractivity contribution in [1.82, 2.24) is 0 Å². The highest BCUT2D eigenvalue weighted by Crippen LogP contribution is 2.53. The molecule has 0 spiro atoms. The fourth-order valence-electron chi connectivity index (χ4n) is 9.74. The molecule has 1 aliphatic carbocycles. The quantitative estimate of drug-likeness (QED) is 0.127. The molecule has 10 aromatic rings. The normalized spacial score (nSPS) is 13.1. The summed E-state index contributed by atoms with van der Waals surface area (Å²) >= 11 is 0. The minimum Gasteiger partial charge on any atom is -0.0622 e. The van der Waals surface area contributed by atoms with Crippen molar-refractivity contribution in [3.8, 4) is 55.6 Å². The van der Waals surface area contributed by atoms with Gasteiger partial charge in [0.1, 0.15) is 0 Å². The monoisotopic (exact) mass is 698 g/mol. The van der Waals surface area contributed by atoms with Gasteiger partial charge in [0.15, 0.2) is 0 Å². The Bertz CT molecular complexity index is 3150. The Morgan fingerprint density at radius 3 is 1.60 bits per heavy atom. The zero-order chi connectivity index (χ0) is 36.7. The maximum atomic E-state index is 2.47. The van der Waals surface area contributed by atoms with E-state index in [0.29, 0.717) is 0 Å². The standard InChI is InChI=1S/C55H38/c1-55(2)50-34-39(27-30-44(50)47-31-25-37-18-10-12-22-43(37)54(47)55)41-29-28-40(33-49(41)35-15-5-3-6-16-35)51-45-23-13-14-24-46(45)52(38-19-7-4-8-20-38)53-42-21-11-9-17-36(42)26-32-48(51)53/h3-34H,1-2H3. The minimum atomic E-state index is -0.129. The zero-order valence-electron chi connectivity index (χ0n) is 31.0. The Morgan fingerprint density at radius 2 is 0.855 bits per heavy atom. The van der Waals surface area contributed by atoms with Gasteiger partial charge in [0.05, 0.1) is 0 Å². The Kier molecular flexibility index (Phi) is 7.00. The molecule has 0 amide bonds. The van der Waals surface area contributed by atoms with Gasteiger partial charge in [-0.15, -0.1) is 0 Å². The lowest BCUT2D eigenvalue weighted by Crippen LogP contribution is -2.15. The van der Waals surface area contributed by atoms with Crippen molar-refractivity contribution in [1.29, 1.82) is 0 Å². The van der Waals surface area contributed by atoms with E-state index in [9.17, 15) is 0 Å². The van der Waals surface area contributed by atoms with Crippen LogP contribution in [0.3, 0.4) is 0 Å². The topological polar surface area (TPSA) is 0 Å². The summed E-state index contributed by atoms with van der Waals surface area (Å²) in [5.41, 5.74) is 15.4. The second-order valence-corrected chi connectivity index (χ2v) is 15.6. The molecule has 10 aromatic carbocycles. The molecule has 0 bridgehead atoms. The molecule has 0 unspecified atom stereocenters. The van der Waals surface area contributed by atoms with Gasteiger partial charge in [-0.25, -0.2) is 0 Å². The van der Waals surface area contributed by atoms with Crippen LogP contribution in [0.2, 0.25) is 0 Å². The van der Waals surface area contributed by atoms with Gasteiger partial charge in [0.25, 0.3) is 0 Å². The van der Waals surface area contributed by atoms with Gasteiger partial charge in [-0.2, -0.15) is 0 Å². The van der Waals surface area contributed by atoms with Crippen LogP contribution in [0.15, 0.2) is 194 Å². The largest absolute Gasteiger partial charge is 0.0622 e. The second kappa shape index (κ2) is 12.1. The molecule has 0 saturated carbocycles. The fraction of sp³-hybridized carbons (Fsp3) is 0.0545. The van der Waals surface area contributed by atoms with Gasteiger partial charge in [0.2, 0.25) is 0 Å². The lowest BCUT2D eigenvalue weighted by molar-refractivity contribution is 0.666. The van der Waals surface area contributed by atoms with E-state index in [4.69, 9.17) is 0 Å². The molecule has 0 atom stereocenters. The number of rotatable bonds is 4. The number of hydrogen-bond donors (Lipinski definition) is 0. The molecule has 0 aromatic heterocycles. The van der Waals surface area contributed by atoms with E-state index < -0.39 is 0 Å². The molecule has 0 heterocycles. The summed E-state index contributed by atoms with van der Waals surface area (Å²) in [7, 11) is 0. The van der Waals surface area contributed by atoms with Gasteiger partial charge in [-0.3, -0.25) is 0 Å². The van der Waals surface area contributed by atoms with Gasteiger partial charge in [-0.05, 0) is 122 Å². The predicted octanol–water partition coefficient (Wildman–Crippen LogP) is 15.3. The molecule has 0 aliphatic heterocycles. The van der Waals surface area contributed by atoms with E-state index in [0.717, 1.165) is 0 Å². The molecule has 0 heteroatoms. The molecule has 0 N–H and O–H groups in total. The van der Waals surface area contributed by atoms with Gasteiger partial charge >= 0.3 is 0 Å². The SMILES string of the molecule is CC1(C)c2cc(-c3ccc(-c4c5ccccc5c(-c5ccccc5)c5c4ccc4ccccc45)cc3-c3ccccc3)ccc2-c2ccc3ccccc3c21. The molecule has 258 valence electrons. The summed E-state index contributed by atoms with van der Waals surface area (Å²) in [5.74, 6) is 0. The second-order valence-electron chi connectivity index (χ2n) is 15.6. The van der Waals surface area contributed by atoms with Crippen LogP contribution in [-0.2, 0) is 5.41 Å². The van der Waals surface area contributed by atoms with Crippen LogP contribution >= 0.6 is 0 Å². The van der Waals surface area contributed by atoms with Crippen LogP contribution in [0.4, 0.5) is 0 Å². The Morgan fingerprint density at radius 1 is 0.309 bits per heavy atom. The van der Waals surface area contributed by atoms with E-state index in [-0.39, 0.29) is 5.41 Å². The van der Waals surface area contributed by atoms with Crippen LogP contribution in [0.5, 0.6) is 0 Å². The zero-order valence-corrected chi connectivity index (χ0v) is 31.0. The molecule has 0 saturated heterocycles. The Hall–Kier alpha value is -6.76. The average molecular weight is 699 g/mol. The van der Waals surface area contributed by atoms with Crippen molar-refractivity contribution >= 4 is 43.1 Å². The summed E-state index contributed by atoms with van der Waals surface area (Å²) in [6.07, 6.45) is 0. The van der Waals surface area contributed by atoms with Crippen molar-refractivity contribution in [2.24, 2.45) is 0 Å². The molecule has 11 rings (SSSR count). The lowest BCUT2D eigenvalue weighted by Gasteiger charge is -2.24. The van der Waals surface area contributed by atoms with E-state index in [1.807, 2.05) is 0 Å². The van der Waals surface area contributed by atoms with E-state index >= 15 is 0 Å². The van der Waals surface area contributed by atoms with Crippen molar-refractivity contribution in [3.63, 3.8) is 0 Å². The average Bonchev–Trinajstić information content (AvgIpc) is 3.48. The Labute approximate surface area is 322 Å². The maximum absolute atomic E-state index is 2.47. The predicted molar refractivity (Wildman–Crippen MR) is 236 cm³/mol. The van der Waals surface area contributed by atoms with Crippen molar-refractivity contribution in [3.05, 3.63) is 205 Å². The lowest BCUT2D eigenvalue weighted by atomic mass is 9.79. The highest BCUT2D eigenvalue weighted by atomic mass is 14.4. The first kappa shape index (κ1) is 31.7. The van der Waals surface area contributed by atoms with E-state index in [1.165, 1.54) is 110 Å². The fourth-order valence-corrected chi connectivity index (χ4v) is 9.74. The molecule has 0 radical (unpaired) electrons. The van der Waals surface area contributed by atoms with Crippen molar-refractivity contribution < 1.29 is 0 Å². The van der Waals surface area contributed by atoms with Gasteiger partial charge < -0.3 is 0 Å². The third-order valence-corrected chi connectivity index (χ3v) is 12.2. The molecule has 1 aliphatic rings. The van der Waals surface area contributed by atoms with Crippen LogP contribution in [-0.4, -0.2) is 0 Å². The minimum absolute atomic E-state index is 0.129. The van der Waals surface area contributed by atoms with E-state index in [1.54, 1.807) is 0 Å². The number of hydrogen-bond acceptors (Lipinski definition) is 0.